The van der Waals surface area contributed by atoms with E-state index >= 15 is 0 Å². The number of hydrogen-bond donors (Lipinski definition) is 1. The summed E-state index contributed by atoms with van der Waals surface area (Å²) in [6.07, 6.45) is 17.2. The lowest BCUT2D eigenvalue weighted by atomic mass is 10.0. The summed E-state index contributed by atoms with van der Waals surface area (Å²) in [6.45, 7) is 2.28. The largest absolute Gasteiger partial charge is 0.278 e. The maximum atomic E-state index is 4.07. The fourth-order valence-corrected chi connectivity index (χ4v) is 2.96. The number of fused-ring (bicyclic) bond motifs is 1. The van der Waals surface area contributed by atoms with Gasteiger partial charge in [0, 0.05) is 5.39 Å². The number of unbranched alkanes of at least 4 members (excludes halogenated alkanes) is 9. The molecule has 1 aromatic carbocycles. The Hall–Kier alpha value is -1.31. The number of benzene rings is 1. The van der Waals surface area contributed by atoms with Crippen LogP contribution in [-0.4, -0.2) is 10.2 Å². The van der Waals surface area contributed by atoms with E-state index in [1.807, 2.05) is 6.20 Å². The van der Waals surface area contributed by atoms with Crippen molar-refractivity contribution in [2.75, 3.05) is 0 Å². The number of aryl methyl sites for hydroxylation is 1. The number of aromatic amines is 1. The molecule has 0 aliphatic carbocycles. The Balaban J connectivity index is 1.49. The summed E-state index contributed by atoms with van der Waals surface area (Å²) in [4.78, 5) is 0. The molecule has 2 nitrogen and oxygen atoms in total. The van der Waals surface area contributed by atoms with E-state index in [1.165, 1.54) is 81.6 Å². The summed E-state index contributed by atoms with van der Waals surface area (Å²) >= 11 is 0. The van der Waals surface area contributed by atoms with E-state index in [0.29, 0.717) is 0 Å². The molecule has 21 heavy (non-hydrogen) atoms. The lowest BCUT2D eigenvalue weighted by Gasteiger charge is -2.03. The highest BCUT2D eigenvalue weighted by Crippen LogP contribution is 2.16. The van der Waals surface area contributed by atoms with Crippen LogP contribution in [0.3, 0.4) is 0 Å². The van der Waals surface area contributed by atoms with Gasteiger partial charge in [-0.3, -0.25) is 5.10 Å². The molecule has 2 heteroatoms. The number of nitrogens with zero attached hydrogens (tertiary/aromatic N) is 1. The van der Waals surface area contributed by atoms with Gasteiger partial charge in [-0.25, -0.2) is 0 Å². The molecule has 2 rings (SSSR count). The lowest BCUT2D eigenvalue weighted by molar-refractivity contribution is 0.556. The first-order chi connectivity index (χ1) is 10.4. The van der Waals surface area contributed by atoms with Crippen LogP contribution in [-0.2, 0) is 6.42 Å². The zero-order valence-electron chi connectivity index (χ0n) is 13.5. The van der Waals surface area contributed by atoms with E-state index < -0.39 is 0 Å². The smallest absolute Gasteiger partial charge is 0.0650 e. The van der Waals surface area contributed by atoms with Gasteiger partial charge in [-0.1, -0.05) is 70.8 Å². The van der Waals surface area contributed by atoms with Gasteiger partial charge in [0.25, 0.3) is 0 Å². The standard InChI is InChI=1S/C19H30N2/c1-2-3-4-5-6-7-8-9-10-11-12-17-13-14-19-18(15-17)16-20-21-19/h13-16H,2-12H2,1H3,(H,20,21). The number of nitrogens with one attached hydrogen (secondary N) is 1. The summed E-state index contributed by atoms with van der Waals surface area (Å²) in [5.74, 6) is 0. The van der Waals surface area contributed by atoms with Gasteiger partial charge in [0.1, 0.15) is 0 Å². The van der Waals surface area contributed by atoms with Gasteiger partial charge in [-0.05, 0) is 30.5 Å². The molecule has 1 N–H and O–H groups in total. The van der Waals surface area contributed by atoms with Gasteiger partial charge >= 0.3 is 0 Å². The van der Waals surface area contributed by atoms with Gasteiger partial charge in [-0.15, -0.1) is 0 Å². The number of hydrogen-bond acceptors (Lipinski definition) is 1. The molecular weight excluding hydrogens is 256 g/mol. The average Bonchev–Trinajstić information content (AvgIpc) is 2.97. The third-order valence-corrected chi connectivity index (χ3v) is 4.32. The third kappa shape index (κ3) is 5.91. The molecule has 0 amide bonds. The molecule has 0 radical (unpaired) electrons. The summed E-state index contributed by atoms with van der Waals surface area (Å²) in [5.41, 5.74) is 2.59. The molecule has 0 saturated heterocycles. The van der Waals surface area contributed by atoms with Crippen molar-refractivity contribution in [3.8, 4) is 0 Å². The van der Waals surface area contributed by atoms with E-state index in [0.717, 1.165) is 5.52 Å². The molecule has 0 fully saturated rings. The van der Waals surface area contributed by atoms with Crippen LogP contribution in [0, 0.1) is 0 Å². The van der Waals surface area contributed by atoms with Crippen LogP contribution >= 0.6 is 0 Å². The fraction of sp³-hybridized carbons (Fsp3) is 0.632. The molecular formula is C19H30N2. The lowest BCUT2D eigenvalue weighted by Crippen LogP contribution is -1.86. The Labute approximate surface area is 129 Å². The van der Waals surface area contributed by atoms with Crippen molar-refractivity contribution >= 4 is 10.9 Å². The van der Waals surface area contributed by atoms with Crippen molar-refractivity contribution in [1.82, 2.24) is 10.2 Å². The maximum Gasteiger partial charge on any atom is 0.0650 e. The van der Waals surface area contributed by atoms with E-state index in [-0.39, 0.29) is 0 Å². The minimum Gasteiger partial charge on any atom is -0.278 e. The van der Waals surface area contributed by atoms with Crippen molar-refractivity contribution in [2.45, 2.75) is 77.6 Å². The Morgan fingerprint density at radius 2 is 1.52 bits per heavy atom. The van der Waals surface area contributed by atoms with Crippen molar-refractivity contribution in [3.63, 3.8) is 0 Å². The Bertz CT molecular complexity index is 501. The molecule has 2 aromatic rings. The van der Waals surface area contributed by atoms with Crippen LogP contribution in [0.2, 0.25) is 0 Å². The van der Waals surface area contributed by atoms with Crippen LogP contribution in [0.4, 0.5) is 0 Å². The van der Waals surface area contributed by atoms with Crippen LogP contribution in [0.15, 0.2) is 24.4 Å². The zero-order chi connectivity index (χ0) is 14.8. The molecule has 0 spiro atoms. The van der Waals surface area contributed by atoms with Crippen LogP contribution in [0.25, 0.3) is 10.9 Å². The quantitative estimate of drug-likeness (QED) is 0.502. The molecule has 0 unspecified atom stereocenters. The van der Waals surface area contributed by atoms with Gasteiger partial charge in [-0.2, -0.15) is 5.10 Å². The van der Waals surface area contributed by atoms with E-state index in [1.54, 1.807) is 0 Å². The van der Waals surface area contributed by atoms with Gasteiger partial charge in [0.15, 0.2) is 0 Å². The van der Waals surface area contributed by atoms with Crippen LogP contribution in [0.5, 0.6) is 0 Å². The number of H-pyrrole nitrogens is 1. The highest BCUT2D eigenvalue weighted by molar-refractivity contribution is 5.78. The molecule has 0 bridgehead atoms. The number of rotatable bonds is 11. The summed E-state index contributed by atoms with van der Waals surface area (Å²) in [7, 11) is 0. The van der Waals surface area contributed by atoms with E-state index in [9.17, 15) is 0 Å². The average molecular weight is 286 g/mol. The monoisotopic (exact) mass is 286 g/mol. The third-order valence-electron chi connectivity index (χ3n) is 4.32. The molecule has 0 atom stereocenters. The number of aromatic nitrogens is 2. The van der Waals surface area contributed by atoms with Crippen molar-refractivity contribution in [1.29, 1.82) is 0 Å². The first-order valence-electron chi connectivity index (χ1n) is 8.82. The first-order valence-corrected chi connectivity index (χ1v) is 8.82. The highest BCUT2D eigenvalue weighted by atomic mass is 15.1. The topological polar surface area (TPSA) is 28.7 Å². The SMILES string of the molecule is CCCCCCCCCCCCc1ccc2[nH]ncc2c1. The highest BCUT2D eigenvalue weighted by Gasteiger charge is 1.98. The summed E-state index contributed by atoms with van der Waals surface area (Å²) in [6, 6.07) is 6.65. The van der Waals surface area contributed by atoms with Crippen LogP contribution < -0.4 is 0 Å². The second-order valence-corrected chi connectivity index (χ2v) is 6.22. The van der Waals surface area contributed by atoms with Gasteiger partial charge < -0.3 is 0 Å². The van der Waals surface area contributed by atoms with Crippen molar-refractivity contribution in [2.24, 2.45) is 0 Å². The summed E-state index contributed by atoms with van der Waals surface area (Å²) < 4.78 is 0. The maximum absolute atomic E-state index is 4.07. The molecule has 0 aliphatic rings. The Kier molecular flexibility index (Phi) is 7.34. The molecule has 116 valence electrons. The predicted octanol–water partition coefficient (Wildman–Crippen LogP) is 6.03. The van der Waals surface area contributed by atoms with Gasteiger partial charge in [0.05, 0.1) is 11.7 Å². The zero-order valence-corrected chi connectivity index (χ0v) is 13.5. The Morgan fingerprint density at radius 3 is 2.24 bits per heavy atom. The second-order valence-electron chi connectivity index (χ2n) is 6.22. The minimum atomic E-state index is 1.14. The predicted molar refractivity (Wildman–Crippen MR) is 91.6 cm³/mol. The second kappa shape index (κ2) is 9.59. The summed E-state index contributed by atoms with van der Waals surface area (Å²) in [5, 5.41) is 8.32. The molecule has 0 saturated carbocycles. The molecule has 1 aromatic heterocycles. The Morgan fingerprint density at radius 1 is 0.857 bits per heavy atom. The fourth-order valence-electron chi connectivity index (χ4n) is 2.96. The van der Waals surface area contributed by atoms with E-state index in [2.05, 4.69) is 35.3 Å². The van der Waals surface area contributed by atoms with Crippen LogP contribution in [0.1, 0.15) is 76.7 Å². The van der Waals surface area contributed by atoms with Crippen molar-refractivity contribution < 1.29 is 0 Å². The van der Waals surface area contributed by atoms with E-state index in [4.69, 9.17) is 0 Å². The van der Waals surface area contributed by atoms with Crippen molar-refractivity contribution in [3.05, 3.63) is 30.0 Å². The van der Waals surface area contributed by atoms with Gasteiger partial charge in [0.2, 0.25) is 0 Å². The normalized spacial score (nSPS) is 11.3. The minimum absolute atomic E-state index is 1.14. The molecule has 1 heterocycles. The first kappa shape index (κ1) is 16.1. The molecule has 0 aliphatic heterocycles.